The molecule has 0 rings (SSSR count). The van der Waals surface area contributed by atoms with Gasteiger partial charge < -0.3 is 89.8 Å². The summed E-state index contributed by atoms with van der Waals surface area (Å²) >= 11 is 0. The summed E-state index contributed by atoms with van der Waals surface area (Å²) in [6.07, 6.45) is -2.43. The van der Waals surface area contributed by atoms with Crippen molar-refractivity contribution >= 4 is 60.8 Å². The minimum Gasteiger partial charge on any atom is -0.330 e. The third-order valence-corrected chi connectivity index (χ3v) is 21.6. The Bertz CT molecular complexity index is 1210. The molecule has 0 amide bonds. The molecular formula is C8H28N2O24P8. The van der Waals surface area contributed by atoms with Crippen molar-refractivity contribution in [1.29, 1.82) is 0 Å². The Morgan fingerprint density at radius 1 is 0.405 bits per heavy atom. The topological polar surface area (TPSA) is 512 Å². The van der Waals surface area contributed by atoms with E-state index < -0.39 is 106 Å². The molecule has 0 saturated carbocycles. The zero-order valence-corrected chi connectivity index (χ0v) is 27.0. The van der Waals surface area contributed by atoms with E-state index in [4.69, 9.17) is 11.5 Å². The molecule has 0 bridgehead atoms. The number of hydrogen-bond acceptors (Lipinski definition) is 10. The highest BCUT2D eigenvalue weighted by molar-refractivity contribution is 7.74. The molecule has 34 heteroatoms. The van der Waals surface area contributed by atoms with Crippen LogP contribution in [0.3, 0.4) is 0 Å². The van der Waals surface area contributed by atoms with Crippen LogP contribution in [0.25, 0.3) is 0 Å². The average Bonchev–Trinajstić information content (AvgIpc) is 2.50. The lowest BCUT2D eigenvalue weighted by Gasteiger charge is -2.59. The van der Waals surface area contributed by atoms with Crippen LogP contribution in [0.5, 0.6) is 0 Å². The van der Waals surface area contributed by atoms with Gasteiger partial charge in [-0.25, -0.2) is 0 Å². The first-order chi connectivity index (χ1) is 17.8. The van der Waals surface area contributed by atoms with Crippen molar-refractivity contribution < 1.29 is 115 Å². The average molecular weight is 784 g/mol. The molecule has 0 aliphatic rings. The Morgan fingerprint density at radius 3 is 0.690 bits per heavy atom. The minimum atomic E-state index is -7.25. The first kappa shape index (κ1) is 43.1. The SMILES string of the molecule is NCCC(C(P(=O)(O)O)P(=O)(O)O)(C(P(=O)(O)O)P(=O)(O)O)C(N)(C(P(=O)(O)O)P(=O)(O)O)C(P(=O)(O)O)P(=O)(O)O. The van der Waals surface area contributed by atoms with Crippen molar-refractivity contribution in [2.45, 2.75) is 33.6 Å². The molecule has 26 nitrogen and oxygen atoms in total. The minimum absolute atomic E-state index is 1.75. The third-order valence-electron chi connectivity index (χ3n) is 5.69. The normalized spacial score (nSPS) is 16.2. The molecule has 254 valence electrons. The molecule has 0 radical (unpaired) electrons. The molecule has 0 aliphatic heterocycles. The van der Waals surface area contributed by atoms with Crippen LogP contribution in [-0.4, -0.2) is 112 Å². The standard InChI is InChI=1S/C8H28N2O24P8/c9-2-1-7(3(35(11,12)13)36(14,15)16,4(37(17,18)19)38(20,21)22)8(10,5(39(23,24)25)40(26,27)28)6(41(29,30)31)42(32,33)34/h3-6H,1-2,9-10H2,(H2,11,12,13)(H2,14,15,16)(H2,17,18,19)(H2,20,21,22)(H2,23,24,25)(H2,26,27,28)(H2,29,30,31)(H2,32,33,34). The summed E-state index contributed by atoms with van der Waals surface area (Å²) in [7, 11) is -57.9. The summed E-state index contributed by atoms with van der Waals surface area (Å²) in [5.74, 6) is 0. The molecule has 0 saturated heterocycles. The first-order valence-corrected chi connectivity index (χ1v) is 23.1. The van der Waals surface area contributed by atoms with Crippen molar-refractivity contribution in [2.75, 3.05) is 6.54 Å². The Hall–Kier alpha value is 1.12. The van der Waals surface area contributed by atoms with E-state index in [1.54, 1.807) is 0 Å². The molecule has 42 heavy (non-hydrogen) atoms. The molecule has 0 aromatic heterocycles. The molecule has 0 aromatic rings. The quantitative estimate of drug-likeness (QED) is 0.0699. The molecule has 0 unspecified atom stereocenters. The van der Waals surface area contributed by atoms with Crippen molar-refractivity contribution in [3.8, 4) is 0 Å². The van der Waals surface area contributed by atoms with E-state index >= 15 is 0 Å². The predicted molar refractivity (Wildman–Crippen MR) is 135 cm³/mol. The lowest BCUT2D eigenvalue weighted by molar-refractivity contribution is 0.0938. The van der Waals surface area contributed by atoms with E-state index in [-0.39, 0.29) is 0 Å². The molecule has 0 aliphatic carbocycles. The first-order valence-electron chi connectivity index (χ1n) is 9.68. The highest BCUT2D eigenvalue weighted by Gasteiger charge is 2.83. The van der Waals surface area contributed by atoms with Gasteiger partial charge in [-0.05, 0) is 13.0 Å². The molecule has 20 N–H and O–H groups in total. The fourth-order valence-corrected chi connectivity index (χ4v) is 20.4. The van der Waals surface area contributed by atoms with Gasteiger partial charge in [-0.2, -0.15) is 0 Å². The Kier molecular flexibility index (Phi) is 13.0. The van der Waals surface area contributed by atoms with Crippen LogP contribution in [0.4, 0.5) is 0 Å². The smallest absolute Gasteiger partial charge is 0.330 e. The zero-order chi connectivity index (χ0) is 34.7. The van der Waals surface area contributed by atoms with Gasteiger partial charge in [0.25, 0.3) is 0 Å². The van der Waals surface area contributed by atoms with Crippen LogP contribution in [0.2, 0.25) is 0 Å². The van der Waals surface area contributed by atoms with Crippen LogP contribution in [0.1, 0.15) is 6.42 Å². The molecule has 0 heterocycles. The second kappa shape index (κ2) is 12.6. The Morgan fingerprint density at radius 2 is 0.571 bits per heavy atom. The van der Waals surface area contributed by atoms with Crippen LogP contribution in [-0.2, 0) is 36.5 Å². The number of rotatable bonds is 15. The summed E-state index contributed by atoms with van der Waals surface area (Å²) in [4.78, 5) is 158. The summed E-state index contributed by atoms with van der Waals surface area (Å²) in [6.45, 7) is -1.75. The van der Waals surface area contributed by atoms with Gasteiger partial charge in [0.2, 0.25) is 0 Å². The fraction of sp³-hybridized carbons (Fsp3) is 1.00. The van der Waals surface area contributed by atoms with Crippen LogP contribution in [0, 0.1) is 5.41 Å². The van der Waals surface area contributed by atoms with Gasteiger partial charge in [0, 0.05) is 5.41 Å². The molecule has 0 atom stereocenters. The van der Waals surface area contributed by atoms with Crippen LogP contribution in [0.15, 0.2) is 0 Å². The maximum absolute atomic E-state index is 12.6. The molecular weight excluding hydrogens is 756 g/mol. The van der Waals surface area contributed by atoms with Crippen molar-refractivity contribution in [2.24, 2.45) is 16.9 Å². The summed E-state index contributed by atoms with van der Waals surface area (Å²) in [5, 5.41) is -19.1. The summed E-state index contributed by atoms with van der Waals surface area (Å²) in [6, 6.07) is 0. The maximum Gasteiger partial charge on any atom is 0.342 e. The maximum atomic E-state index is 12.6. The Labute approximate surface area is 232 Å². The van der Waals surface area contributed by atoms with E-state index in [2.05, 4.69) is 0 Å². The largest absolute Gasteiger partial charge is 0.342 e. The second-order valence-electron chi connectivity index (χ2n) is 8.72. The molecule has 0 aromatic carbocycles. The van der Waals surface area contributed by atoms with Crippen LogP contribution < -0.4 is 11.5 Å². The number of nitrogens with two attached hydrogens (primary N) is 2. The van der Waals surface area contributed by atoms with Gasteiger partial charge >= 0.3 is 60.8 Å². The van der Waals surface area contributed by atoms with E-state index in [1.807, 2.05) is 0 Å². The van der Waals surface area contributed by atoms with Gasteiger partial charge in [0.05, 0.1) is 5.54 Å². The van der Waals surface area contributed by atoms with Gasteiger partial charge in [0.15, 0.2) is 21.6 Å². The van der Waals surface area contributed by atoms with E-state index in [0.717, 1.165) is 0 Å². The predicted octanol–water partition coefficient (Wildman–Crippen LogP) is -4.25. The lowest BCUT2D eigenvalue weighted by atomic mass is 9.71. The van der Waals surface area contributed by atoms with E-state index in [0.29, 0.717) is 0 Å². The fourth-order valence-electron chi connectivity index (χ4n) is 5.01. The Balaban J connectivity index is 9.98. The van der Waals surface area contributed by atoms with Gasteiger partial charge in [-0.3, -0.25) is 36.5 Å². The van der Waals surface area contributed by atoms with Gasteiger partial charge in [-0.1, -0.05) is 0 Å². The third kappa shape index (κ3) is 8.92. The second-order valence-corrected chi connectivity index (χ2v) is 23.9. The highest BCUT2D eigenvalue weighted by Crippen LogP contribution is 2.85. The van der Waals surface area contributed by atoms with Crippen molar-refractivity contribution in [3.63, 3.8) is 0 Å². The van der Waals surface area contributed by atoms with Crippen LogP contribution >= 0.6 is 60.8 Å². The molecule has 0 fully saturated rings. The lowest BCUT2D eigenvalue weighted by Crippen LogP contribution is -2.74. The van der Waals surface area contributed by atoms with E-state index in [1.165, 1.54) is 0 Å². The van der Waals surface area contributed by atoms with Crippen molar-refractivity contribution in [3.05, 3.63) is 0 Å². The summed E-state index contributed by atoms with van der Waals surface area (Å²) in [5.41, 5.74) is -0.177. The van der Waals surface area contributed by atoms with Gasteiger partial charge in [0.1, 0.15) is 0 Å². The number of hydrogen-bond donors (Lipinski definition) is 18. The highest BCUT2D eigenvalue weighted by atomic mass is 31.3. The van der Waals surface area contributed by atoms with Gasteiger partial charge in [-0.15, -0.1) is 0 Å². The van der Waals surface area contributed by atoms with Crippen molar-refractivity contribution in [1.82, 2.24) is 0 Å². The van der Waals surface area contributed by atoms with E-state index in [9.17, 15) is 115 Å². The molecule has 0 spiro atoms. The summed E-state index contributed by atoms with van der Waals surface area (Å²) < 4.78 is 100. The monoisotopic (exact) mass is 784 g/mol. The zero-order valence-electron chi connectivity index (χ0n) is 19.9.